The zero-order valence-electron chi connectivity index (χ0n) is 26.4. The van der Waals surface area contributed by atoms with Gasteiger partial charge in [-0.1, -0.05) is 30.1 Å². The molecule has 4 aliphatic rings. The third-order valence-corrected chi connectivity index (χ3v) is 11.6. The van der Waals surface area contributed by atoms with Crippen molar-refractivity contribution in [1.29, 1.82) is 0 Å². The Hall–Kier alpha value is -3.57. The molecule has 2 amide bonds. The summed E-state index contributed by atoms with van der Waals surface area (Å²) in [5.74, 6) is 0.00416. The first-order chi connectivity index (χ1) is 21.8. The van der Waals surface area contributed by atoms with Crippen LogP contribution in [0.15, 0.2) is 49.1 Å². The van der Waals surface area contributed by atoms with Gasteiger partial charge in [-0.05, 0) is 111 Å². The van der Waals surface area contributed by atoms with E-state index in [1.165, 1.54) is 28.6 Å². The van der Waals surface area contributed by atoms with E-state index in [-0.39, 0.29) is 40.5 Å². The number of benzene rings is 2. The number of anilines is 1. The van der Waals surface area contributed by atoms with Crippen LogP contribution in [-0.4, -0.2) is 57.4 Å². The molecule has 3 fully saturated rings. The average molecular weight is 650 g/mol. The number of likely N-dealkylation sites (tertiary alicyclic amines) is 2. The topological polar surface area (TPSA) is 69.6 Å². The van der Waals surface area contributed by atoms with Crippen molar-refractivity contribution in [2.24, 2.45) is 11.3 Å². The summed E-state index contributed by atoms with van der Waals surface area (Å²) in [4.78, 5) is 32.7. The van der Waals surface area contributed by atoms with Gasteiger partial charge in [0.2, 0.25) is 5.91 Å². The number of nitrogens with zero attached hydrogens (tertiary/aromatic N) is 5. The lowest BCUT2D eigenvalue weighted by molar-refractivity contribution is -0.138. The first-order valence-electron chi connectivity index (χ1n) is 16.0. The first-order valence-corrected chi connectivity index (χ1v) is 16.7. The van der Waals surface area contributed by atoms with Gasteiger partial charge in [-0.2, -0.15) is 13.2 Å². The number of alkyl halides is 3. The van der Waals surface area contributed by atoms with Crippen LogP contribution in [0.2, 0.25) is 0 Å². The number of amides is 2. The summed E-state index contributed by atoms with van der Waals surface area (Å²) in [6.07, 6.45) is 0.253. The second-order valence-electron chi connectivity index (χ2n) is 13.9. The lowest BCUT2D eigenvalue weighted by Crippen LogP contribution is -2.42. The molecule has 1 saturated carbocycles. The van der Waals surface area contributed by atoms with Crippen molar-refractivity contribution in [2.45, 2.75) is 70.6 Å². The number of carbonyl (C=O) groups is 2. The highest BCUT2D eigenvalue weighted by Crippen LogP contribution is 2.53. The summed E-state index contributed by atoms with van der Waals surface area (Å²) in [5.41, 5.74) is 2.04. The van der Waals surface area contributed by atoms with Gasteiger partial charge in [0.15, 0.2) is 0 Å². The van der Waals surface area contributed by atoms with Crippen LogP contribution in [0.3, 0.4) is 0 Å². The fourth-order valence-electron chi connectivity index (χ4n) is 8.57. The fourth-order valence-corrected chi connectivity index (χ4v) is 9.13. The maximum atomic E-state index is 14.6. The number of carbonyl (C=O) groups excluding carboxylic acids is 2. The molecular weight excluding hydrogens is 611 g/mol. The number of hydrogen-bond donors (Lipinski definition) is 0. The van der Waals surface area contributed by atoms with Crippen molar-refractivity contribution in [3.63, 3.8) is 0 Å². The summed E-state index contributed by atoms with van der Waals surface area (Å²) in [6, 6.07) is 10.3. The van der Waals surface area contributed by atoms with Crippen molar-refractivity contribution in [3.05, 3.63) is 87.4 Å². The van der Waals surface area contributed by atoms with Gasteiger partial charge in [-0.25, -0.2) is 0 Å². The van der Waals surface area contributed by atoms with E-state index in [0.29, 0.717) is 36.8 Å². The van der Waals surface area contributed by atoms with Crippen LogP contribution >= 0.6 is 11.5 Å². The van der Waals surface area contributed by atoms with E-state index < -0.39 is 17.6 Å². The Balaban J connectivity index is 1.18. The molecule has 7 nitrogen and oxygen atoms in total. The SMILES string of the molecule is C=CC(=O)N1CC[C@]2(CCN([C@H](C)c3cc4c(c(C(F)(F)F)c3)CN(c3cccc(C5(c6nnsc6C)CC(C)C5)c3)C4=O)C2)C1. The number of rotatable bonds is 6. The van der Waals surface area contributed by atoms with E-state index in [1.807, 2.05) is 36.9 Å². The minimum Gasteiger partial charge on any atom is -0.339 e. The van der Waals surface area contributed by atoms with Gasteiger partial charge >= 0.3 is 6.18 Å². The van der Waals surface area contributed by atoms with Crippen LogP contribution in [0.5, 0.6) is 0 Å². The molecule has 11 heteroatoms. The van der Waals surface area contributed by atoms with Crippen LogP contribution in [0.25, 0.3) is 0 Å². The quantitative estimate of drug-likeness (QED) is 0.272. The van der Waals surface area contributed by atoms with E-state index in [0.717, 1.165) is 48.4 Å². The van der Waals surface area contributed by atoms with Crippen molar-refractivity contribution >= 4 is 29.0 Å². The van der Waals surface area contributed by atoms with E-state index in [1.54, 1.807) is 12.1 Å². The monoisotopic (exact) mass is 649 g/mol. The largest absolute Gasteiger partial charge is 0.416 e. The highest BCUT2D eigenvalue weighted by Gasteiger charge is 2.49. The predicted molar refractivity (Wildman–Crippen MR) is 171 cm³/mol. The second-order valence-corrected chi connectivity index (χ2v) is 14.9. The molecule has 3 aromatic rings. The van der Waals surface area contributed by atoms with Crippen LogP contribution in [-0.2, 0) is 22.9 Å². The molecule has 0 N–H and O–H groups in total. The van der Waals surface area contributed by atoms with Gasteiger partial charge in [0.25, 0.3) is 5.91 Å². The number of hydrogen-bond acceptors (Lipinski definition) is 6. The minimum absolute atomic E-state index is 0.0256. The minimum atomic E-state index is -4.61. The molecule has 242 valence electrons. The normalized spacial score (nSPS) is 26.9. The Morgan fingerprint density at radius 3 is 2.59 bits per heavy atom. The highest BCUT2D eigenvalue weighted by atomic mass is 32.1. The third-order valence-electron chi connectivity index (χ3n) is 11.0. The summed E-state index contributed by atoms with van der Waals surface area (Å²) in [7, 11) is 0. The summed E-state index contributed by atoms with van der Waals surface area (Å²) in [5, 5.41) is 4.47. The lowest BCUT2D eigenvalue weighted by Gasteiger charge is -2.46. The van der Waals surface area contributed by atoms with Crippen molar-refractivity contribution in [1.82, 2.24) is 19.4 Å². The maximum Gasteiger partial charge on any atom is 0.416 e. The molecule has 7 rings (SSSR count). The van der Waals surface area contributed by atoms with E-state index in [9.17, 15) is 22.8 Å². The first kappa shape index (κ1) is 31.1. The number of fused-ring (bicyclic) bond motifs is 1. The molecule has 1 aromatic heterocycles. The summed E-state index contributed by atoms with van der Waals surface area (Å²) >= 11 is 1.37. The second kappa shape index (κ2) is 11.0. The zero-order chi connectivity index (χ0) is 32.6. The fraction of sp³-hybridized carbons (Fsp3) is 0.486. The number of aromatic nitrogens is 2. The van der Waals surface area contributed by atoms with Crippen molar-refractivity contribution < 1.29 is 22.8 Å². The Bertz CT molecular complexity index is 1730. The Labute approximate surface area is 271 Å². The van der Waals surface area contributed by atoms with Gasteiger partial charge in [0, 0.05) is 52.6 Å². The van der Waals surface area contributed by atoms with Crippen LogP contribution in [0.1, 0.15) is 88.8 Å². The molecule has 2 saturated heterocycles. The third kappa shape index (κ3) is 4.97. The zero-order valence-corrected chi connectivity index (χ0v) is 27.2. The standard InChI is InChI=1S/C35H38F3N5O2S/c1-5-30(44)42-12-10-33(20-42)9-11-41(19-33)22(3)24-13-27-28(29(14-24)35(36,37)38)18-43(32(27)45)26-8-6-7-25(15-26)34(16-21(2)17-34)31-23(4)46-40-39-31/h5-8,13-15,21-22H,1,9-12,16-20H2,2-4H3/t21?,22-,33+,34?/m1/s1. The molecule has 46 heavy (non-hydrogen) atoms. The Morgan fingerprint density at radius 1 is 1.15 bits per heavy atom. The van der Waals surface area contributed by atoms with Gasteiger partial charge in [-0.3, -0.25) is 14.5 Å². The van der Waals surface area contributed by atoms with Crippen molar-refractivity contribution in [2.75, 3.05) is 31.1 Å². The predicted octanol–water partition coefficient (Wildman–Crippen LogP) is 6.91. The molecule has 4 heterocycles. The van der Waals surface area contributed by atoms with Crippen LogP contribution in [0.4, 0.5) is 18.9 Å². The van der Waals surface area contributed by atoms with Crippen LogP contribution < -0.4 is 4.90 Å². The van der Waals surface area contributed by atoms with Gasteiger partial charge < -0.3 is 9.80 Å². The van der Waals surface area contributed by atoms with E-state index in [4.69, 9.17) is 0 Å². The molecule has 0 unspecified atom stereocenters. The molecule has 0 radical (unpaired) electrons. The van der Waals surface area contributed by atoms with Gasteiger partial charge in [0.05, 0.1) is 17.8 Å². The molecule has 0 bridgehead atoms. The summed E-state index contributed by atoms with van der Waals surface area (Å²) in [6.45, 7) is 12.3. The highest BCUT2D eigenvalue weighted by molar-refractivity contribution is 7.05. The molecular formula is C35H38F3N5O2S. The molecule has 3 aliphatic heterocycles. The van der Waals surface area contributed by atoms with Crippen LogP contribution in [0, 0.1) is 18.3 Å². The van der Waals surface area contributed by atoms with E-state index >= 15 is 0 Å². The van der Waals surface area contributed by atoms with Gasteiger partial charge in [-0.15, -0.1) is 5.10 Å². The number of aryl methyl sites for hydroxylation is 1. The lowest BCUT2D eigenvalue weighted by atomic mass is 9.57. The summed E-state index contributed by atoms with van der Waals surface area (Å²) < 4.78 is 48.0. The Morgan fingerprint density at radius 2 is 1.91 bits per heavy atom. The molecule has 2 aromatic carbocycles. The maximum absolute atomic E-state index is 14.6. The van der Waals surface area contributed by atoms with E-state index in [2.05, 4.69) is 28.0 Å². The van der Waals surface area contributed by atoms with Crippen molar-refractivity contribution in [3.8, 4) is 0 Å². The molecule has 2 atom stereocenters. The Kier molecular flexibility index (Phi) is 7.43. The van der Waals surface area contributed by atoms with Gasteiger partial charge in [0.1, 0.15) is 0 Å². The molecule has 1 aliphatic carbocycles. The number of halogens is 3. The molecule has 1 spiro atoms. The smallest absolute Gasteiger partial charge is 0.339 e. The average Bonchev–Trinajstić information content (AvgIpc) is 3.81.